The molecule has 0 saturated heterocycles. The number of nitrogens with one attached hydrogen (secondary N) is 1. The minimum Gasteiger partial charge on any atom is -0.316 e. The smallest absolute Gasteiger partial charge is 0.255 e. The molecule has 0 spiro atoms. The molecule has 1 unspecified atom stereocenters. The molecule has 0 bridgehead atoms. The molecule has 0 aromatic heterocycles. The maximum absolute atomic E-state index is 11.0. The van der Waals surface area contributed by atoms with Crippen molar-refractivity contribution < 1.29 is 4.79 Å². The van der Waals surface area contributed by atoms with E-state index >= 15 is 0 Å². The third-order valence-corrected chi connectivity index (χ3v) is 2.18. The zero-order valence-electron chi connectivity index (χ0n) is 6.83. The molecular formula is C8H10BrN3O. The summed E-state index contributed by atoms with van der Waals surface area (Å²) in [5.74, 6) is 4.55. The highest BCUT2D eigenvalue weighted by atomic mass is 79.9. The van der Waals surface area contributed by atoms with Crippen LogP contribution in [0.25, 0.3) is 0 Å². The SMILES string of the molecule is NNC(=O)C(N)c1ccc(Br)cc1. The van der Waals surface area contributed by atoms with E-state index in [-0.39, 0.29) is 0 Å². The maximum atomic E-state index is 11.0. The fourth-order valence-electron chi connectivity index (χ4n) is 0.911. The van der Waals surface area contributed by atoms with Gasteiger partial charge in [-0.3, -0.25) is 10.2 Å². The van der Waals surface area contributed by atoms with Crippen molar-refractivity contribution in [2.24, 2.45) is 11.6 Å². The molecule has 0 aliphatic heterocycles. The van der Waals surface area contributed by atoms with Gasteiger partial charge in [-0.15, -0.1) is 0 Å². The van der Waals surface area contributed by atoms with E-state index in [2.05, 4.69) is 15.9 Å². The van der Waals surface area contributed by atoms with Gasteiger partial charge in [0.15, 0.2) is 0 Å². The van der Waals surface area contributed by atoms with Crippen LogP contribution < -0.4 is 17.0 Å². The lowest BCUT2D eigenvalue weighted by Crippen LogP contribution is -2.38. The Kier molecular flexibility index (Phi) is 3.41. The van der Waals surface area contributed by atoms with E-state index in [0.29, 0.717) is 0 Å². The highest BCUT2D eigenvalue weighted by Gasteiger charge is 2.13. The van der Waals surface area contributed by atoms with Gasteiger partial charge in [0.25, 0.3) is 5.91 Å². The molecule has 0 aliphatic rings. The quantitative estimate of drug-likeness (QED) is 0.401. The Labute approximate surface area is 84.4 Å². The number of halogens is 1. The van der Waals surface area contributed by atoms with Crippen molar-refractivity contribution in [1.29, 1.82) is 0 Å². The van der Waals surface area contributed by atoms with Crippen molar-refractivity contribution >= 4 is 21.8 Å². The molecule has 5 heteroatoms. The van der Waals surface area contributed by atoms with Crippen LogP contribution in [0.2, 0.25) is 0 Å². The standard InChI is InChI=1S/C8H10BrN3O/c9-6-3-1-5(2-4-6)7(10)8(13)12-11/h1-4,7H,10-11H2,(H,12,13). The molecule has 70 valence electrons. The fourth-order valence-corrected chi connectivity index (χ4v) is 1.18. The van der Waals surface area contributed by atoms with Crippen LogP contribution in [0.4, 0.5) is 0 Å². The molecule has 0 aliphatic carbocycles. The van der Waals surface area contributed by atoms with E-state index in [9.17, 15) is 4.79 Å². The molecule has 4 nitrogen and oxygen atoms in total. The lowest BCUT2D eigenvalue weighted by atomic mass is 10.1. The van der Waals surface area contributed by atoms with E-state index in [0.717, 1.165) is 10.0 Å². The number of hydrazine groups is 1. The van der Waals surface area contributed by atoms with Crippen LogP contribution in [0.1, 0.15) is 11.6 Å². The predicted octanol–water partition coefficient (Wildman–Crippen LogP) is 0.439. The van der Waals surface area contributed by atoms with Crippen molar-refractivity contribution in [3.05, 3.63) is 34.3 Å². The number of carbonyl (C=O) groups excluding carboxylic acids is 1. The molecule has 0 heterocycles. The zero-order chi connectivity index (χ0) is 9.84. The molecule has 0 fully saturated rings. The topological polar surface area (TPSA) is 81.1 Å². The molecule has 1 rings (SSSR count). The summed E-state index contributed by atoms with van der Waals surface area (Å²) < 4.78 is 0.941. The summed E-state index contributed by atoms with van der Waals surface area (Å²) in [5, 5.41) is 0. The average molecular weight is 244 g/mol. The van der Waals surface area contributed by atoms with Gasteiger partial charge < -0.3 is 5.73 Å². The van der Waals surface area contributed by atoms with Crippen molar-refractivity contribution in [2.45, 2.75) is 6.04 Å². The molecule has 1 aromatic carbocycles. The second-order valence-electron chi connectivity index (χ2n) is 2.54. The highest BCUT2D eigenvalue weighted by Crippen LogP contribution is 2.14. The second kappa shape index (κ2) is 4.36. The van der Waals surface area contributed by atoms with Crippen LogP contribution in [0, 0.1) is 0 Å². The van der Waals surface area contributed by atoms with Crippen molar-refractivity contribution in [2.75, 3.05) is 0 Å². The maximum Gasteiger partial charge on any atom is 0.255 e. The number of rotatable bonds is 2. The van der Waals surface area contributed by atoms with Crippen molar-refractivity contribution in [3.8, 4) is 0 Å². The van der Waals surface area contributed by atoms with Gasteiger partial charge in [-0.2, -0.15) is 0 Å². The molecule has 1 amide bonds. The first-order chi connectivity index (χ1) is 6.15. The normalized spacial score (nSPS) is 12.2. The third kappa shape index (κ3) is 2.51. The van der Waals surface area contributed by atoms with Crippen LogP contribution >= 0.6 is 15.9 Å². The third-order valence-electron chi connectivity index (χ3n) is 1.65. The van der Waals surface area contributed by atoms with Crippen LogP contribution in [0.5, 0.6) is 0 Å². The summed E-state index contributed by atoms with van der Waals surface area (Å²) in [5.41, 5.74) is 8.32. The Bertz CT molecular complexity index is 299. The van der Waals surface area contributed by atoms with Gasteiger partial charge in [0.05, 0.1) is 0 Å². The molecule has 1 atom stereocenters. The number of benzene rings is 1. The van der Waals surface area contributed by atoms with Gasteiger partial charge in [-0.25, -0.2) is 5.84 Å². The first kappa shape index (κ1) is 10.2. The Balaban J connectivity index is 2.83. The Hall–Kier alpha value is -0.910. The largest absolute Gasteiger partial charge is 0.316 e. The Morgan fingerprint density at radius 2 is 1.92 bits per heavy atom. The number of carbonyl (C=O) groups is 1. The van der Waals surface area contributed by atoms with Crippen LogP contribution in [-0.2, 0) is 4.79 Å². The van der Waals surface area contributed by atoms with Crippen molar-refractivity contribution in [1.82, 2.24) is 5.43 Å². The summed E-state index contributed by atoms with van der Waals surface area (Å²) >= 11 is 3.28. The van der Waals surface area contributed by atoms with Gasteiger partial charge in [0.1, 0.15) is 6.04 Å². The summed E-state index contributed by atoms with van der Waals surface area (Å²) in [4.78, 5) is 11.0. The van der Waals surface area contributed by atoms with Crippen molar-refractivity contribution in [3.63, 3.8) is 0 Å². The molecule has 0 saturated carbocycles. The number of amides is 1. The van der Waals surface area contributed by atoms with Crippen LogP contribution in [0.3, 0.4) is 0 Å². The monoisotopic (exact) mass is 243 g/mol. The fraction of sp³-hybridized carbons (Fsp3) is 0.125. The minimum atomic E-state index is -0.710. The van der Waals surface area contributed by atoms with E-state index in [1.165, 1.54) is 0 Å². The molecule has 5 N–H and O–H groups in total. The van der Waals surface area contributed by atoms with Gasteiger partial charge in [-0.1, -0.05) is 28.1 Å². The lowest BCUT2D eigenvalue weighted by Gasteiger charge is -2.09. The number of hydrogen-bond acceptors (Lipinski definition) is 3. The van der Waals surface area contributed by atoms with Gasteiger partial charge in [0.2, 0.25) is 0 Å². The van der Waals surface area contributed by atoms with E-state index in [4.69, 9.17) is 11.6 Å². The van der Waals surface area contributed by atoms with Gasteiger partial charge in [0, 0.05) is 4.47 Å². The summed E-state index contributed by atoms with van der Waals surface area (Å²) in [7, 11) is 0. The molecule has 1 aromatic rings. The zero-order valence-corrected chi connectivity index (χ0v) is 8.41. The number of nitrogens with two attached hydrogens (primary N) is 2. The molecule has 0 radical (unpaired) electrons. The highest BCUT2D eigenvalue weighted by molar-refractivity contribution is 9.10. The summed E-state index contributed by atoms with van der Waals surface area (Å²) in [6.45, 7) is 0. The summed E-state index contributed by atoms with van der Waals surface area (Å²) in [6.07, 6.45) is 0. The van der Waals surface area contributed by atoms with E-state index in [1.807, 2.05) is 17.6 Å². The lowest BCUT2D eigenvalue weighted by molar-refractivity contribution is -0.122. The minimum absolute atomic E-state index is 0.401. The van der Waals surface area contributed by atoms with E-state index < -0.39 is 11.9 Å². The van der Waals surface area contributed by atoms with E-state index in [1.54, 1.807) is 12.1 Å². The first-order valence-corrected chi connectivity index (χ1v) is 4.46. The van der Waals surface area contributed by atoms with Gasteiger partial charge in [-0.05, 0) is 17.7 Å². The molecule has 13 heavy (non-hydrogen) atoms. The average Bonchev–Trinajstić information content (AvgIpc) is 2.17. The van der Waals surface area contributed by atoms with Gasteiger partial charge >= 0.3 is 0 Å². The van der Waals surface area contributed by atoms with Crippen LogP contribution in [0.15, 0.2) is 28.7 Å². The second-order valence-corrected chi connectivity index (χ2v) is 3.45. The number of hydrogen-bond donors (Lipinski definition) is 3. The summed E-state index contributed by atoms with van der Waals surface area (Å²) in [6, 6.07) is 6.46. The Morgan fingerprint density at radius 1 is 1.38 bits per heavy atom. The Morgan fingerprint density at radius 3 is 2.38 bits per heavy atom. The van der Waals surface area contributed by atoms with Crippen LogP contribution in [-0.4, -0.2) is 5.91 Å². The predicted molar refractivity (Wildman–Crippen MR) is 53.4 cm³/mol. The first-order valence-electron chi connectivity index (χ1n) is 3.66. The molecular weight excluding hydrogens is 234 g/mol.